The molecule has 20 heavy (non-hydrogen) atoms. The molecule has 6 nitrogen and oxygen atoms in total. The molecule has 0 bridgehead atoms. The van der Waals surface area contributed by atoms with E-state index in [0.29, 0.717) is 24.9 Å². The van der Waals surface area contributed by atoms with Crippen molar-refractivity contribution in [3.8, 4) is 11.6 Å². The van der Waals surface area contributed by atoms with Crippen LogP contribution in [0.2, 0.25) is 0 Å². The number of hydrogen-bond donors (Lipinski definition) is 0. The fraction of sp³-hybridized carbons (Fsp3) is 0.214. The molecule has 6 heteroatoms. The van der Waals surface area contributed by atoms with E-state index in [0.717, 1.165) is 5.56 Å². The average Bonchev–Trinajstić information content (AvgIpc) is 2.88. The maximum atomic E-state index is 11.4. The van der Waals surface area contributed by atoms with E-state index in [1.165, 1.54) is 0 Å². The number of benzene rings is 1. The first-order valence-corrected chi connectivity index (χ1v) is 6.19. The van der Waals surface area contributed by atoms with E-state index in [1.807, 2.05) is 24.3 Å². The molecule has 0 saturated carbocycles. The molecule has 0 unspecified atom stereocenters. The third-order valence-corrected chi connectivity index (χ3v) is 2.88. The highest BCUT2D eigenvalue weighted by Crippen LogP contribution is 2.19. The summed E-state index contributed by atoms with van der Waals surface area (Å²) in [6.07, 6.45) is 4.71. The summed E-state index contributed by atoms with van der Waals surface area (Å²) >= 11 is 0. The molecule has 0 radical (unpaired) electrons. The molecule has 2 heterocycles. The Morgan fingerprint density at radius 1 is 1.25 bits per heavy atom. The van der Waals surface area contributed by atoms with Gasteiger partial charge in [-0.3, -0.25) is 9.78 Å². The second-order valence-electron chi connectivity index (χ2n) is 4.36. The average molecular weight is 271 g/mol. The van der Waals surface area contributed by atoms with Crippen LogP contribution in [0.4, 0.5) is 0 Å². The van der Waals surface area contributed by atoms with Crippen LogP contribution in [0.15, 0.2) is 42.9 Å². The molecule has 1 aliphatic heterocycles. The number of rotatable bonds is 4. The van der Waals surface area contributed by atoms with Gasteiger partial charge < -0.3 is 14.4 Å². The smallest absolute Gasteiger partial charge is 0.250 e. The van der Waals surface area contributed by atoms with Gasteiger partial charge in [-0.25, -0.2) is 4.98 Å². The zero-order chi connectivity index (χ0) is 13.8. The highest BCUT2D eigenvalue weighted by molar-refractivity contribution is 5.78. The molecular weight excluding hydrogens is 258 g/mol. The van der Waals surface area contributed by atoms with Crippen LogP contribution in [0, 0.1) is 0 Å². The number of hydrogen-bond acceptors (Lipinski definition) is 5. The van der Waals surface area contributed by atoms with Crippen molar-refractivity contribution in [3.63, 3.8) is 0 Å². The molecule has 1 aromatic carbocycles. The van der Waals surface area contributed by atoms with Gasteiger partial charge in [0.15, 0.2) is 0 Å². The van der Waals surface area contributed by atoms with Crippen molar-refractivity contribution in [1.82, 2.24) is 14.9 Å². The van der Waals surface area contributed by atoms with Gasteiger partial charge in [0, 0.05) is 18.9 Å². The molecule has 1 aliphatic rings. The first-order chi connectivity index (χ1) is 9.81. The Hall–Kier alpha value is -2.47. The second kappa shape index (κ2) is 5.66. The maximum absolute atomic E-state index is 11.4. The number of aromatic nitrogens is 2. The predicted molar refractivity (Wildman–Crippen MR) is 69.9 cm³/mol. The zero-order valence-corrected chi connectivity index (χ0v) is 10.7. The Kier molecular flexibility index (Phi) is 3.56. The minimum absolute atomic E-state index is 0.0184. The van der Waals surface area contributed by atoms with Crippen LogP contribution in [0.5, 0.6) is 11.6 Å². The number of amides is 1. The minimum Gasteiger partial charge on any atom is -0.438 e. The lowest BCUT2D eigenvalue weighted by atomic mass is 10.2. The highest BCUT2D eigenvalue weighted by atomic mass is 16.5. The van der Waals surface area contributed by atoms with Crippen molar-refractivity contribution >= 4 is 5.91 Å². The van der Waals surface area contributed by atoms with E-state index in [9.17, 15) is 4.79 Å². The van der Waals surface area contributed by atoms with Crippen LogP contribution in [-0.4, -0.2) is 34.1 Å². The number of ether oxygens (including phenoxy) is 2. The Morgan fingerprint density at radius 2 is 2.10 bits per heavy atom. The Bertz CT molecular complexity index is 586. The standard InChI is InChI=1S/C14H13N3O3/c18-14-9-19-10-17(14)8-11-1-3-12(4-2-11)20-13-7-15-5-6-16-13/h1-7H,8-10H2. The monoisotopic (exact) mass is 271 g/mol. The van der Waals surface area contributed by atoms with E-state index in [1.54, 1.807) is 23.5 Å². The van der Waals surface area contributed by atoms with Gasteiger partial charge in [0.05, 0.1) is 6.20 Å². The number of carbonyl (C=O) groups excluding carboxylic acids is 1. The molecule has 0 atom stereocenters. The molecular formula is C14H13N3O3. The SMILES string of the molecule is O=C1COCN1Cc1ccc(Oc2cnccn2)cc1. The first kappa shape index (κ1) is 12.6. The highest BCUT2D eigenvalue weighted by Gasteiger charge is 2.20. The van der Waals surface area contributed by atoms with Crippen molar-refractivity contribution in [3.05, 3.63) is 48.4 Å². The van der Waals surface area contributed by atoms with Gasteiger partial charge in [-0.1, -0.05) is 12.1 Å². The molecule has 1 saturated heterocycles. The van der Waals surface area contributed by atoms with Crippen LogP contribution in [0.3, 0.4) is 0 Å². The van der Waals surface area contributed by atoms with E-state index < -0.39 is 0 Å². The van der Waals surface area contributed by atoms with Gasteiger partial charge in [0.2, 0.25) is 5.88 Å². The maximum Gasteiger partial charge on any atom is 0.250 e. The molecule has 102 valence electrons. The van der Waals surface area contributed by atoms with E-state index in [-0.39, 0.29) is 12.5 Å². The van der Waals surface area contributed by atoms with E-state index in [2.05, 4.69) is 9.97 Å². The fourth-order valence-corrected chi connectivity index (χ4v) is 1.88. The van der Waals surface area contributed by atoms with Crippen molar-refractivity contribution in [2.75, 3.05) is 13.3 Å². The largest absolute Gasteiger partial charge is 0.438 e. The summed E-state index contributed by atoms with van der Waals surface area (Å²) < 4.78 is 10.6. The summed E-state index contributed by atoms with van der Waals surface area (Å²) in [4.78, 5) is 21.1. The lowest BCUT2D eigenvalue weighted by Crippen LogP contribution is -2.24. The Morgan fingerprint density at radius 3 is 2.75 bits per heavy atom. The summed E-state index contributed by atoms with van der Waals surface area (Å²) in [6, 6.07) is 7.51. The molecule has 1 amide bonds. The third kappa shape index (κ3) is 2.92. The van der Waals surface area contributed by atoms with Crippen LogP contribution in [0.25, 0.3) is 0 Å². The number of carbonyl (C=O) groups is 1. The summed E-state index contributed by atoms with van der Waals surface area (Å²) in [7, 11) is 0. The van der Waals surface area contributed by atoms with Crippen molar-refractivity contribution < 1.29 is 14.3 Å². The zero-order valence-electron chi connectivity index (χ0n) is 10.7. The van der Waals surface area contributed by atoms with Crippen molar-refractivity contribution in [1.29, 1.82) is 0 Å². The molecule has 0 aliphatic carbocycles. The van der Waals surface area contributed by atoms with E-state index >= 15 is 0 Å². The van der Waals surface area contributed by atoms with Crippen LogP contribution in [-0.2, 0) is 16.1 Å². The molecule has 1 fully saturated rings. The van der Waals surface area contributed by atoms with Gasteiger partial charge in [-0.05, 0) is 17.7 Å². The van der Waals surface area contributed by atoms with Gasteiger partial charge in [0.1, 0.15) is 19.1 Å². The topological polar surface area (TPSA) is 64.5 Å². The normalized spacial score (nSPS) is 14.6. The van der Waals surface area contributed by atoms with E-state index in [4.69, 9.17) is 9.47 Å². The van der Waals surface area contributed by atoms with Gasteiger partial charge >= 0.3 is 0 Å². The first-order valence-electron chi connectivity index (χ1n) is 6.19. The molecule has 1 aromatic heterocycles. The fourth-order valence-electron chi connectivity index (χ4n) is 1.88. The van der Waals surface area contributed by atoms with Gasteiger partial charge in [0.25, 0.3) is 5.91 Å². The molecule has 2 aromatic rings. The molecule has 3 rings (SSSR count). The van der Waals surface area contributed by atoms with Crippen LogP contribution < -0.4 is 4.74 Å². The van der Waals surface area contributed by atoms with Crippen molar-refractivity contribution in [2.45, 2.75) is 6.54 Å². The lowest BCUT2D eigenvalue weighted by molar-refractivity contribution is -0.127. The summed E-state index contributed by atoms with van der Waals surface area (Å²) in [6.45, 7) is 1.08. The van der Waals surface area contributed by atoms with Crippen molar-refractivity contribution in [2.24, 2.45) is 0 Å². The minimum atomic E-state index is 0.0184. The summed E-state index contributed by atoms with van der Waals surface area (Å²) in [5, 5.41) is 0. The Labute approximate surface area is 116 Å². The third-order valence-electron chi connectivity index (χ3n) is 2.88. The quantitative estimate of drug-likeness (QED) is 0.844. The molecule has 0 N–H and O–H groups in total. The Balaban J connectivity index is 1.64. The summed E-state index contributed by atoms with van der Waals surface area (Å²) in [5.41, 5.74) is 1.02. The second-order valence-corrected chi connectivity index (χ2v) is 4.36. The predicted octanol–water partition coefficient (Wildman–Crippen LogP) is 1.59. The molecule has 0 spiro atoms. The number of nitrogens with zero attached hydrogens (tertiary/aromatic N) is 3. The van der Waals surface area contributed by atoms with Crippen LogP contribution >= 0.6 is 0 Å². The van der Waals surface area contributed by atoms with Gasteiger partial charge in [-0.2, -0.15) is 0 Å². The van der Waals surface area contributed by atoms with Gasteiger partial charge in [-0.15, -0.1) is 0 Å². The lowest BCUT2D eigenvalue weighted by Gasteiger charge is -2.13. The summed E-state index contributed by atoms with van der Waals surface area (Å²) in [5.74, 6) is 1.14. The van der Waals surface area contributed by atoms with Crippen LogP contribution in [0.1, 0.15) is 5.56 Å².